The van der Waals surface area contributed by atoms with Gasteiger partial charge in [0.1, 0.15) is 0 Å². The number of aryl methyl sites for hydroxylation is 1. The van der Waals surface area contributed by atoms with Crippen LogP contribution in [0.4, 0.5) is 0 Å². The van der Waals surface area contributed by atoms with Crippen LogP contribution in [-0.2, 0) is 11.8 Å². The van der Waals surface area contributed by atoms with E-state index in [2.05, 4.69) is 38.1 Å². The zero-order valence-corrected chi connectivity index (χ0v) is 12.7. The molecule has 2 aliphatic carbocycles. The molecule has 0 spiro atoms. The molecular weight excluding hydrogens is 246 g/mol. The predicted molar refractivity (Wildman–Crippen MR) is 82.6 cm³/mol. The maximum Gasteiger partial charge on any atom is 0.0761 e. The summed E-state index contributed by atoms with van der Waals surface area (Å²) in [7, 11) is 0. The number of aliphatic hydroxyl groups is 1. The first kappa shape index (κ1) is 14.1. The number of hydrogen-bond acceptors (Lipinski definition) is 2. The van der Waals surface area contributed by atoms with Gasteiger partial charge in [-0.2, -0.15) is 0 Å². The van der Waals surface area contributed by atoms with Crippen LogP contribution in [0.5, 0.6) is 0 Å². The smallest absolute Gasteiger partial charge is 0.0761 e. The van der Waals surface area contributed by atoms with Crippen LogP contribution < -0.4 is 5.73 Å². The average molecular weight is 273 g/mol. The molecule has 0 heterocycles. The maximum atomic E-state index is 11.5. The van der Waals surface area contributed by atoms with Gasteiger partial charge in [-0.15, -0.1) is 0 Å². The minimum absolute atomic E-state index is 0.230. The highest BCUT2D eigenvalue weighted by Crippen LogP contribution is 2.53. The van der Waals surface area contributed by atoms with Crippen molar-refractivity contribution in [3.63, 3.8) is 0 Å². The first-order valence-electron chi connectivity index (χ1n) is 8.01. The number of benzene rings is 1. The van der Waals surface area contributed by atoms with E-state index in [0.717, 1.165) is 25.7 Å². The van der Waals surface area contributed by atoms with E-state index < -0.39 is 5.60 Å². The van der Waals surface area contributed by atoms with E-state index in [-0.39, 0.29) is 5.41 Å². The Morgan fingerprint density at radius 2 is 1.85 bits per heavy atom. The molecule has 2 heteroatoms. The fourth-order valence-electron chi connectivity index (χ4n) is 5.05. The van der Waals surface area contributed by atoms with Gasteiger partial charge in [0.25, 0.3) is 0 Å². The van der Waals surface area contributed by atoms with Crippen molar-refractivity contribution in [3.05, 3.63) is 35.4 Å². The molecule has 0 aliphatic heterocycles. The maximum absolute atomic E-state index is 11.5. The van der Waals surface area contributed by atoms with Crippen molar-refractivity contribution in [1.82, 2.24) is 0 Å². The van der Waals surface area contributed by atoms with Crippen LogP contribution in [0, 0.1) is 11.8 Å². The Morgan fingerprint density at radius 3 is 2.50 bits per heavy atom. The van der Waals surface area contributed by atoms with Gasteiger partial charge in [-0.3, -0.25) is 0 Å². The van der Waals surface area contributed by atoms with Crippen molar-refractivity contribution in [2.75, 3.05) is 6.54 Å². The molecule has 20 heavy (non-hydrogen) atoms. The van der Waals surface area contributed by atoms with E-state index in [9.17, 15) is 5.11 Å². The molecule has 1 aromatic rings. The van der Waals surface area contributed by atoms with E-state index in [4.69, 9.17) is 5.73 Å². The molecule has 3 N–H and O–H groups in total. The van der Waals surface area contributed by atoms with E-state index in [1.54, 1.807) is 0 Å². The van der Waals surface area contributed by atoms with Gasteiger partial charge in [0, 0.05) is 12.0 Å². The van der Waals surface area contributed by atoms with E-state index in [0.29, 0.717) is 18.4 Å². The Labute approximate surface area is 122 Å². The molecule has 0 radical (unpaired) electrons. The van der Waals surface area contributed by atoms with Crippen molar-refractivity contribution < 1.29 is 5.11 Å². The van der Waals surface area contributed by atoms with Crippen LogP contribution in [-0.4, -0.2) is 17.3 Å². The highest BCUT2D eigenvalue weighted by atomic mass is 16.3. The second-order valence-electron chi connectivity index (χ2n) is 7.33. The van der Waals surface area contributed by atoms with Crippen molar-refractivity contribution in [1.29, 1.82) is 0 Å². The van der Waals surface area contributed by atoms with Crippen molar-refractivity contribution in [2.45, 2.75) is 57.0 Å². The number of rotatable bonds is 2. The summed E-state index contributed by atoms with van der Waals surface area (Å²) in [6.07, 6.45) is 5.06. The molecule has 1 aromatic carbocycles. The molecule has 3 unspecified atom stereocenters. The fourth-order valence-corrected chi connectivity index (χ4v) is 5.05. The number of hydrogen-bond donors (Lipinski definition) is 2. The van der Waals surface area contributed by atoms with Crippen molar-refractivity contribution in [2.24, 2.45) is 17.6 Å². The Kier molecular flexibility index (Phi) is 3.42. The van der Waals surface area contributed by atoms with Crippen LogP contribution in [0.3, 0.4) is 0 Å². The summed E-state index contributed by atoms with van der Waals surface area (Å²) in [4.78, 5) is 0. The van der Waals surface area contributed by atoms with Crippen molar-refractivity contribution >= 4 is 0 Å². The molecule has 0 aromatic heterocycles. The lowest BCUT2D eigenvalue weighted by Crippen LogP contribution is -2.58. The summed E-state index contributed by atoms with van der Waals surface area (Å²) in [6.45, 7) is 5.09. The van der Waals surface area contributed by atoms with Gasteiger partial charge < -0.3 is 10.8 Å². The first-order chi connectivity index (χ1) is 9.51. The van der Waals surface area contributed by atoms with Gasteiger partial charge in [-0.1, -0.05) is 38.1 Å². The monoisotopic (exact) mass is 273 g/mol. The third-order valence-corrected chi connectivity index (χ3v) is 5.77. The van der Waals surface area contributed by atoms with Crippen LogP contribution in [0.15, 0.2) is 24.3 Å². The molecule has 0 saturated heterocycles. The third-order valence-electron chi connectivity index (χ3n) is 5.77. The summed E-state index contributed by atoms with van der Waals surface area (Å²) in [6, 6.07) is 8.58. The van der Waals surface area contributed by atoms with Crippen LogP contribution in [0.1, 0.15) is 50.7 Å². The van der Waals surface area contributed by atoms with Crippen molar-refractivity contribution in [3.8, 4) is 0 Å². The Morgan fingerprint density at radius 1 is 1.20 bits per heavy atom. The largest absolute Gasteiger partial charge is 0.389 e. The molecule has 0 bridgehead atoms. The standard InChI is InChI=1S/C18H27NO/c1-13-9-14(2)11-18(20,10-13)17(12-19)8-7-15-5-3-4-6-16(15)17/h3-6,13-14,20H,7-12,19H2,1-2H3. The number of fused-ring (bicyclic) bond motifs is 1. The lowest BCUT2D eigenvalue weighted by atomic mass is 9.58. The van der Waals surface area contributed by atoms with E-state index in [1.165, 1.54) is 17.5 Å². The highest BCUT2D eigenvalue weighted by Gasteiger charge is 2.55. The highest BCUT2D eigenvalue weighted by molar-refractivity contribution is 5.43. The Hall–Kier alpha value is -0.860. The van der Waals surface area contributed by atoms with Gasteiger partial charge in [-0.05, 0) is 55.1 Å². The zero-order valence-electron chi connectivity index (χ0n) is 12.7. The molecule has 2 nitrogen and oxygen atoms in total. The summed E-state index contributed by atoms with van der Waals surface area (Å²) in [5.41, 5.74) is 8.07. The lowest BCUT2D eigenvalue weighted by molar-refractivity contribution is -0.0920. The van der Waals surface area contributed by atoms with Gasteiger partial charge in [0.05, 0.1) is 5.60 Å². The van der Waals surface area contributed by atoms with Gasteiger partial charge in [0.2, 0.25) is 0 Å². The minimum Gasteiger partial charge on any atom is -0.389 e. The molecule has 3 atom stereocenters. The quantitative estimate of drug-likeness (QED) is 0.870. The predicted octanol–water partition coefficient (Wildman–Crippen LogP) is 3.02. The van der Waals surface area contributed by atoms with Crippen LogP contribution in [0.25, 0.3) is 0 Å². The normalized spacial score (nSPS) is 40.6. The second kappa shape index (κ2) is 4.85. The van der Waals surface area contributed by atoms with Gasteiger partial charge >= 0.3 is 0 Å². The SMILES string of the molecule is CC1CC(C)CC(O)(C2(CN)CCc3ccccc32)C1. The molecule has 0 amide bonds. The van der Waals surface area contributed by atoms with Gasteiger partial charge in [0.15, 0.2) is 0 Å². The summed E-state index contributed by atoms with van der Waals surface area (Å²) < 4.78 is 0. The van der Waals surface area contributed by atoms with Gasteiger partial charge in [-0.25, -0.2) is 0 Å². The lowest BCUT2D eigenvalue weighted by Gasteiger charge is -2.51. The second-order valence-corrected chi connectivity index (χ2v) is 7.33. The minimum atomic E-state index is -0.633. The average Bonchev–Trinajstić information content (AvgIpc) is 2.77. The first-order valence-corrected chi connectivity index (χ1v) is 8.01. The van der Waals surface area contributed by atoms with Crippen LogP contribution >= 0.6 is 0 Å². The fraction of sp³-hybridized carbons (Fsp3) is 0.667. The molecule has 1 saturated carbocycles. The molecule has 2 aliphatic rings. The van der Waals surface area contributed by atoms with Crippen LogP contribution in [0.2, 0.25) is 0 Å². The summed E-state index contributed by atoms with van der Waals surface area (Å²) in [5.74, 6) is 1.17. The Balaban J connectivity index is 2.06. The topological polar surface area (TPSA) is 46.2 Å². The number of nitrogens with two attached hydrogens (primary N) is 1. The van der Waals surface area contributed by atoms with E-state index >= 15 is 0 Å². The molecule has 1 fully saturated rings. The van der Waals surface area contributed by atoms with E-state index in [1.807, 2.05) is 0 Å². The summed E-state index contributed by atoms with van der Waals surface area (Å²) in [5, 5.41) is 11.5. The molecule has 3 rings (SSSR count). The Bertz CT molecular complexity index is 488. The molecule has 110 valence electrons. The zero-order chi connectivity index (χ0) is 14.4. The summed E-state index contributed by atoms with van der Waals surface area (Å²) >= 11 is 0. The molecular formula is C18H27NO. The third kappa shape index (κ3) is 1.93.